The van der Waals surface area contributed by atoms with Gasteiger partial charge in [0.15, 0.2) is 6.29 Å². The van der Waals surface area contributed by atoms with E-state index in [-0.39, 0.29) is 12.1 Å². The maximum atomic E-state index is 13.3. The van der Waals surface area contributed by atoms with Gasteiger partial charge in [0, 0.05) is 5.02 Å². The molecular formula is C10H11ClFNO2. The van der Waals surface area contributed by atoms with Crippen LogP contribution in [0.3, 0.4) is 0 Å². The highest BCUT2D eigenvalue weighted by Gasteiger charge is 2.15. The van der Waals surface area contributed by atoms with Gasteiger partial charge in [-0.3, -0.25) is 0 Å². The second-order valence-electron chi connectivity index (χ2n) is 3.18. The first-order valence-corrected chi connectivity index (χ1v) is 5.05. The van der Waals surface area contributed by atoms with Crippen LogP contribution in [0.1, 0.15) is 0 Å². The van der Waals surface area contributed by atoms with Gasteiger partial charge in [-0.15, -0.1) is 0 Å². The third-order valence-electron chi connectivity index (χ3n) is 2.08. The Morgan fingerprint density at radius 1 is 1.40 bits per heavy atom. The molecule has 1 N–H and O–H groups in total. The minimum absolute atomic E-state index is 0.292. The van der Waals surface area contributed by atoms with Gasteiger partial charge in [-0.25, -0.2) is 4.39 Å². The highest BCUT2D eigenvalue weighted by molar-refractivity contribution is 6.30. The molecule has 1 aromatic carbocycles. The maximum absolute atomic E-state index is 13.3. The monoisotopic (exact) mass is 231 g/mol. The van der Waals surface area contributed by atoms with Gasteiger partial charge in [0.05, 0.1) is 25.4 Å². The molecular weight excluding hydrogens is 221 g/mol. The van der Waals surface area contributed by atoms with Crippen molar-refractivity contribution in [1.82, 2.24) is 0 Å². The fourth-order valence-corrected chi connectivity index (χ4v) is 1.51. The van der Waals surface area contributed by atoms with Crippen molar-refractivity contribution in [2.75, 3.05) is 25.1 Å². The standard InChI is InChI=1S/C10H11ClFNO2/c11-7-1-2-9(8(12)5-7)13-6-10-14-3-4-15-10/h1-2,5,10,13H,3-4,6H2. The first-order chi connectivity index (χ1) is 7.25. The van der Waals surface area contributed by atoms with Crippen LogP contribution in [0.4, 0.5) is 10.1 Å². The van der Waals surface area contributed by atoms with E-state index in [1.54, 1.807) is 12.1 Å². The van der Waals surface area contributed by atoms with E-state index in [4.69, 9.17) is 21.1 Å². The lowest BCUT2D eigenvalue weighted by atomic mass is 10.3. The molecule has 1 aromatic rings. The molecule has 1 aliphatic heterocycles. The van der Waals surface area contributed by atoms with Crippen molar-refractivity contribution in [1.29, 1.82) is 0 Å². The topological polar surface area (TPSA) is 30.5 Å². The van der Waals surface area contributed by atoms with Crippen LogP contribution >= 0.6 is 11.6 Å². The Bertz CT molecular complexity index is 342. The first-order valence-electron chi connectivity index (χ1n) is 4.68. The van der Waals surface area contributed by atoms with E-state index in [0.717, 1.165) is 0 Å². The zero-order chi connectivity index (χ0) is 10.7. The lowest BCUT2D eigenvalue weighted by Crippen LogP contribution is -2.20. The summed E-state index contributed by atoms with van der Waals surface area (Å²) in [6.45, 7) is 1.61. The first kappa shape index (κ1) is 10.7. The Kier molecular flexibility index (Phi) is 3.41. The van der Waals surface area contributed by atoms with Gasteiger partial charge in [-0.2, -0.15) is 0 Å². The van der Waals surface area contributed by atoms with E-state index in [1.165, 1.54) is 6.07 Å². The predicted molar refractivity (Wildman–Crippen MR) is 55.6 cm³/mol. The third kappa shape index (κ3) is 2.81. The van der Waals surface area contributed by atoms with Crippen molar-refractivity contribution in [2.45, 2.75) is 6.29 Å². The van der Waals surface area contributed by atoms with Gasteiger partial charge >= 0.3 is 0 Å². The maximum Gasteiger partial charge on any atom is 0.174 e. The summed E-state index contributed by atoms with van der Waals surface area (Å²) in [5.74, 6) is -0.375. The van der Waals surface area contributed by atoms with Crippen LogP contribution in [0, 0.1) is 5.82 Å². The van der Waals surface area contributed by atoms with E-state index in [1.807, 2.05) is 0 Å². The fraction of sp³-hybridized carbons (Fsp3) is 0.400. The summed E-state index contributed by atoms with van der Waals surface area (Å²) in [5.41, 5.74) is 0.401. The van der Waals surface area contributed by atoms with Crippen LogP contribution in [0.15, 0.2) is 18.2 Å². The molecule has 0 bridgehead atoms. The molecule has 0 aliphatic carbocycles. The lowest BCUT2D eigenvalue weighted by molar-refractivity contribution is -0.0299. The molecule has 0 amide bonds. The second kappa shape index (κ2) is 4.79. The largest absolute Gasteiger partial charge is 0.378 e. The van der Waals surface area contributed by atoms with Crippen LogP contribution in [0.5, 0.6) is 0 Å². The Balaban J connectivity index is 1.92. The van der Waals surface area contributed by atoms with Crippen LogP contribution in [0.25, 0.3) is 0 Å². The predicted octanol–water partition coefficient (Wildman–Crippen LogP) is 2.26. The van der Waals surface area contributed by atoms with Crippen molar-refractivity contribution >= 4 is 17.3 Å². The van der Waals surface area contributed by atoms with Gasteiger partial charge in [0.25, 0.3) is 0 Å². The van der Waals surface area contributed by atoms with E-state index in [2.05, 4.69) is 5.32 Å². The molecule has 0 unspecified atom stereocenters. The van der Waals surface area contributed by atoms with Crippen LogP contribution in [-0.4, -0.2) is 26.0 Å². The molecule has 0 spiro atoms. The lowest BCUT2D eigenvalue weighted by Gasteiger charge is -2.11. The highest BCUT2D eigenvalue weighted by atomic mass is 35.5. The molecule has 82 valence electrons. The number of benzene rings is 1. The average molecular weight is 232 g/mol. The van der Waals surface area contributed by atoms with Crippen molar-refractivity contribution in [3.8, 4) is 0 Å². The molecule has 2 rings (SSSR count). The van der Waals surface area contributed by atoms with E-state index < -0.39 is 0 Å². The van der Waals surface area contributed by atoms with E-state index >= 15 is 0 Å². The molecule has 1 fully saturated rings. The minimum Gasteiger partial charge on any atom is -0.378 e. The summed E-state index contributed by atoms with van der Waals surface area (Å²) in [7, 11) is 0. The second-order valence-corrected chi connectivity index (χ2v) is 3.61. The summed E-state index contributed by atoms with van der Waals surface area (Å²) in [5, 5.41) is 3.28. The number of ether oxygens (including phenoxy) is 2. The SMILES string of the molecule is Fc1cc(Cl)ccc1NCC1OCCO1. The number of hydrogen-bond acceptors (Lipinski definition) is 3. The summed E-state index contributed by atoms with van der Waals surface area (Å²) in [6, 6.07) is 4.48. The summed E-state index contributed by atoms with van der Waals surface area (Å²) < 4.78 is 23.7. The highest BCUT2D eigenvalue weighted by Crippen LogP contribution is 2.19. The Morgan fingerprint density at radius 3 is 2.80 bits per heavy atom. The fourth-order valence-electron chi connectivity index (χ4n) is 1.35. The van der Waals surface area contributed by atoms with Crippen molar-refractivity contribution in [3.63, 3.8) is 0 Å². The normalized spacial score (nSPS) is 16.9. The number of nitrogens with one attached hydrogen (secondary N) is 1. The third-order valence-corrected chi connectivity index (χ3v) is 2.32. The van der Waals surface area contributed by atoms with Crippen molar-refractivity contribution < 1.29 is 13.9 Å². The van der Waals surface area contributed by atoms with Gasteiger partial charge in [0.2, 0.25) is 0 Å². The van der Waals surface area contributed by atoms with Crippen LogP contribution < -0.4 is 5.32 Å². The zero-order valence-corrected chi connectivity index (χ0v) is 8.76. The molecule has 0 atom stereocenters. The molecule has 3 nitrogen and oxygen atoms in total. The average Bonchev–Trinajstić information content (AvgIpc) is 2.69. The smallest absolute Gasteiger partial charge is 0.174 e. The number of rotatable bonds is 3. The van der Waals surface area contributed by atoms with Gasteiger partial charge in [0.1, 0.15) is 5.82 Å². The van der Waals surface area contributed by atoms with E-state index in [9.17, 15) is 4.39 Å². The van der Waals surface area contributed by atoms with Crippen molar-refractivity contribution in [3.05, 3.63) is 29.0 Å². The Morgan fingerprint density at radius 2 is 2.13 bits per heavy atom. The molecule has 0 aromatic heterocycles. The number of hydrogen-bond donors (Lipinski definition) is 1. The minimum atomic E-state index is -0.375. The van der Waals surface area contributed by atoms with Gasteiger partial charge in [-0.1, -0.05) is 11.6 Å². The summed E-state index contributed by atoms with van der Waals surface area (Å²) in [6.07, 6.45) is -0.292. The molecule has 0 radical (unpaired) electrons. The van der Waals surface area contributed by atoms with E-state index in [0.29, 0.717) is 30.5 Å². The van der Waals surface area contributed by atoms with Crippen LogP contribution in [0.2, 0.25) is 5.02 Å². The summed E-state index contributed by atoms with van der Waals surface area (Å²) in [4.78, 5) is 0. The molecule has 1 saturated heterocycles. The zero-order valence-electron chi connectivity index (χ0n) is 8.00. The number of halogens is 2. The molecule has 1 heterocycles. The van der Waals surface area contributed by atoms with Crippen molar-refractivity contribution in [2.24, 2.45) is 0 Å². The molecule has 1 aliphatic rings. The van der Waals surface area contributed by atoms with Crippen LogP contribution in [-0.2, 0) is 9.47 Å². The molecule has 15 heavy (non-hydrogen) atoms. The Hall–Kier alpha value is -0.840. The van der Waals surface area contributed by atoms with Gasteiger partial charge in [-0.05, 0) is 18.2 Å². The quantitative estimate of drug-likeness (QED) is 0.866. The molecule has 0 saturated carbocycles. The van der Waals surface area contributed by atoms with Gasteiger partial charge < -0.3 is 14.8 Å². The number of anilines is 1. The summed E-state index contributed by atoms with van der Waals surface area (Å²) >= 11 is 5.63. The molecule has 5 heteroatoms. The Labute approximate surface area is 92.1 Å².